The Kier molecular flexibility index (Phi) is 4.28. The normalized spacial score (nSPS) is 21.1. The highest BCUT2D eigenvalue weighted by atomic mass is 35.5. The van der Waals surface area contributed by atoms with E-state index in [1.54, 1.807) is 6.07 Å². The molecule has 0 saturated heterocycles. The fourth-order valence-electron chi connectivity index (χ4n) is 2.37. The number of rotatable bonds is 4. The summed E-state index contributed by atoms with van der Waals surface area (Å²) in [6.45, 7) is 0.0349. The van der Waals surface area contributed by atoms with E-state index < -0.39 is 23.6 Å². The second kappa shape index (κ2) is 5.79. The van der Waals surface area contributed by atoms with E-state index in [4.69, 9.17) is 16.7 Å². The van der Waals surface area contributed by atoms with Crippen molar-refractivity contribution in [2.24, 2.45) is 11.8 Å². The molecule has 2 unspecified atom stereocenters. The summed E-state index contributed by atoms with van der Waals surface area (Å²) in [5.41, 5.74) is 0.246. The number of carboxylic acid groups (broad SMARTS) is 1. The third-order valence-electron chi connectivity index (χ3n) is 3.74. The van der Waals surface area contributed by atoms with Crippen molar-refractivity contribution < 1.29 is 19.1 Å². The van der Waals surface area contributed by atoms with Crippen molar-refractivity contribution in [3.05, 3.63) is 34.6 Å². The molecule has 1 aliphatic rings. The molecule has 2 atom stereocenters. The molecule has 0 spiro atoms. The van der Waals surface area contributed by atoms with Crippen molar-refractivity contribution in [1.29, 1.82) is 0 Å². The van der Waals surface area contributed by atoms with E-state index in [2.05, 4.69) is 0 Å². The zero-order valence-corrected chi connectivity index (χ0v) is 11.7. The Morgan fingerprint density at radius 2 is 2.05 bits per heavy atom. The summed E-state index contributed by atoms with van der Waals surface area (Å²) >= 11 is 5.91. The number of hydrogen-bond donors (Lipinski definition) is 1. The van der Waals surface area contributed by atoms with Gasteiger partial charge < -0.3 is 10.0 Å². The molecule has 2 rings (SSSR count). The van der Waals surface area contributed by atoms with Crippen molar-refractivity contribution in [1.82, 2.24) is 4.90 Å². The lowest BCUT2D eigenvalue weighted by atomic mass is 9.73. The van der Waals surface area contributed by atoms with Crippen molar-refractivity contribution in [3.63, 3.8) is 0 Å². The number of hydrogen-bond acceptors (Lipinski definition) is 2. The second-order valence-electron chi connectivity index (χ2n) is 5.02. The first-order valence-corrected chi connectivity index (χ1v) is 6.70. The van der Waals surface area contributed by atoms with Crippen LogP contribution in [0.15, 0.2) is 18.2 Å². The highest BCUT2D eigenvalue weighted by molar-refractivity contribution is 6.31. The van der Waals surface area contributed by atoms with Crippen molar-refractivity contribution in [2.45, 2.75) is 19.4 Å². The number of nitrogens with zero attached hydrogens (tertiary/aromatic N) is 1. The van der Waals surface area contributed by atoms with Gasteiger partial charge in [0.15, 0.2) is 0 Å². The van der Waals surface area contributed by atoms with Crippen molar-refractivity contribution >= 4 is 23.5 Å². The van der Waals surface area contributed by atoms with Gasteiger partial charge >= 0.3 is 5.97 Å². The minimum atomic E-state index is -0.952. The van der Waals surface area contributed by atoms with Gasteiger partial charge in [-0.1, -0.05) is 17.7 Å². The summed E-state index contributed by atoms with van der Waals surface area (Å²) in [5.74, 6) is -2.83. The van der Waals surface area contributed by atoms with Gasteiger partial charge in [-0.15, -0.1) is 0 Å². The molecular weight excluding hydrogens is 285 g/mol. The Balaban J connectivity index is 2.07. The maximum atomic E-state index is 13.7. The summed E-state index contributed by atoms with van der Waals surface area (Å²) in [7, 11) is 1.53. The van der Waals surface area contributed by atoms with E-state index in [0.29, 0.717) is 12.8 Å². The van der Waals surface area contributed by atoms with Gasteiger partial charge in [-0.25, -0.2) is 4.39 Å². The number of halogens is 2. The summed E-state index contributed by atoms with van der Waals surface area (Å²) in [6.07, 6.45) is 1.07. The van der Waals surface area contributed by atoms with Gasteiger partial charge in [0.1, 0.15) is 5.82 Å². The van der Waals surface area contributed by atoms with E-state index in [1.807, 2.05) is 0 Å². The van der Waals surface area contributed by atoms with Crippen LogP contribution >= 0.6 is 11.6 Å². The summed E-state index contributed by atoms with van der Waals surface area (Å²) in [4.78, 5) is 24.4. The van der Waals surface area contributed by atoms with Crippen LogP contribution < -0.4 is 0 Å². The number of carbonyl (C=O) groups is 2. The van der Waals surface area contributed by atoms with Crippen LogP contribution in [0.2, 0.25) is 5.02 Å². The van der Waals surface area contributed by atoms with E-state index in [1.165, 1.54) is 24.1 Å². The predicted molar refractivity (Wildman–Crippen MR) is 71.7 cm³/mol. The van der Waals surface area contributed by atoms with Gasteiger partial charge in [0.25, 0.3) is 0 Å². The zero-order chi connectivity index (χ0) is 14.9. The lowest BCUT2D eigenvalue weighted by molar-refractivity contribution is -0.156. The molecule has 0 aromatic heterocycles. The first-order valence-electron chi connectivity index (χ1n) is 6.32. The van der Waals surface area contributed by atoms with Crippen LogP contribution in [0.1, 0.15) is 18.4 Å². The molecule has 1 aromatic carbocycles. The molecule has 1 fully saturated rings. The molecule has 20 heavy (non-hydrogen) atoms. The molecule has 1 N–H and O–H groups in total. The molecule has 4 nitrogen and oxygen atoms in total. The first-order chi connectivity index (χ1) is 9.41. The standard InChI is InChI=1S/C14H15ClFNO3/c1-17(7-10-11(15)3-2-4-12(10)16)13(18)8-5-6-9(8)14(19)20/h2-4,8-9H,5-7H2,1H3,(H,19,20). The smallest absolute Gasteiger partial charge is 0.307 e. The van der Waals surface area contributed by atoms with Gasteiger partial charge in [-0.05, 0) is 25.0 Å². The van der Waals surface area contributed by atoms with Gasteiger partial charge in [0, 0.05) is 24.2 Å². The van der Waals surface area contributed by atoms with Crippen LogP contribution in [-0.4, -0.2) is 28.9 Å². The Bertz CT molecular complexity index is 529. The topological polar surface area (TPSA) is 57.6 Å². The van der Waals surface area contributed by atoms with Gasteiger partial charge in [0.05, 0.1) is 11.8 Å². The summed E-state index contributed by atoms with van der Waals surface area (Å²) in [6, 6.07) is 4.33. The lowest BCUT2D eigenvalue weighted by Gasteiger charge is -2.35. The van der Waals surface area contributed by atoms with Gasteiger partial charge in [0.2, 0.25) is 5.91 Å². The number of carbonyl (C=O) groups excluding carboxylic acids is 1. The average Bonchev–Trinajstić information content (AvgIpc) is 2.31. The Hall–Kier alpha value is -1.62. The largest absolute Gasteiger partial charge is 0.481 e. The maximum Gasteiger partial charge on any atom is 0.307 e. The van der Waals surface area contributed by atoms with E-state index in [-0.39, 0.29) is 23.0 Å². The fraction of sp³-hybridized carbons (Fsp3) is 0.429. The molecule has 0 aliphatic heterocycles. The summed E-state index contributed by atoms with van der Waals surface area (Å²) < 4.78 is 13.7. The van der Waals surface area contributed by atoms with Crippen molar-refractivity contribution in [3.8, 4) is 0 Å². The molecule has 1 saturated carbocycles. The highest BCUT2D eigenvalue weighted by Gasteiger charge is 2.42. The van der Waals surface area contributed by atoms with Crippen LogP contribution in [0.4, 0.5) is 4.39 Å². The Morgan fingerprint density at radius 3 is 2.55 bits per heavy atom. The monoisotopic (exact) mass is 299 g/mol. The third-order valence-corrected chi connectivity index (χ3v) is 4.10. The lowest BCUT2D eigenvalue weighted by Crippen LogP contribution is -2.44. The van der Waals surface area contributed by atoms with Crippen LogP contribution in [0.25, 0.3) is 0 Å². The maximum absolute atomic E-state index is 13.7. The number of aliphatic carboxylic acids is 1. The first kappa shape index (κ1) is 14.8. The minimum Gasteiger partial charge on any atom is -0.481 e. The molecule has 108 valence electrons. The van der Waals surface area contributed by atoms with Crippen LogP contribution in [0, 0.1) is 17.7 Å². The number of benzene rings is 1. The molecular formula is C14H15ClFNO3. The molecule has 1 aromatic rings. The highest BCUT2D eigenvalue weighted by Crippen LogP contribution is 2.36. The summed E-state index contributed by atoms with van der Waals surface area (Å²) in [5, 5.41) is 9.22. The SMILES string of the molecule is CN(Cc1c(F)cccc1Cl)C(=O)C1CCC1C(=O)O. The van der Waals surface area contributed by atoms with Crippen LogP contribution in [-0.2, 0) is 16.1 Å². The van der Waals surface area contributed by atoms with Crippen LogP contribution in [0.5, 0.6) is 0 Å². The number of carboxylic acids is 1. The Labute approximate surface area is 121 Å². The Morgan fingerprint density at radius 1 is 1.40 bits per heavy atom. The third kappa shape index (κ3) is 2.77. The molecule has 6 heteroatoms. The molecule has 1 aliphatic carbocycles. The van der Waals surface area contributed by atoms with Gasteiger partial charge in [-0.2, -0.15) is 0 Å². The molecule has 0 heterocycles. The number of amides is 1. The minimum absolute atomic E-state index is 0.0349. The van der Waals surface area contributed by atoms with Crippen LogP contribution in [0.3, 0.4) is 0 Å². The van der Waals surface area contributed by atoms with E-state index in [9.17, 15) is 14.0 Å². The fourth-order valence-corrected chi connectivity index (χ4v) is 2.60. The van der Waals surface area contributed by atoms with Crippen molar-refractivity contribution in [2.75, 3.05) is 7.05 Å². The average molecular weight is 300 g/mol. The molecule has 0 radical (unpaired) electrons. The molecule has 1 amide bonds. The zero-order valence-electron chi connectivity index (χ0n) is 11.0. The van der Waals surface area contributed by atoms with E-state index in [0.717, 1.165) is 0 Å². The molecule has 0 bridgehead atoms. The quantitative estimate of drug-likeness (QED) is 0.929. The van der Waals surface area contributed by atoms with E-state index >= 15 is 0 Å². The van der Waals surface area contributed by atoms with Gasteiger partial charge in [-0.3, -0.25) is 9.59 Å². The second-order valence-corrected chi connectivity index (χ2v) is 5.43. The predicted octanol–water partition coefficient (Wildman–Crippen LogP) is 2.55.